The van der Waals surface area contributed by atoms with Gasteiger partial charge >= 0.3 is 0 Å². The van der Waals surface area contributed by atoms with Gasteiger partial charge < -0.3 is 10.1 Å². The van der Waals surface area contributed by atoms with Crippen LogP contribution in [-0.2, 0) is 11.3 Å². The number of nitrogens with zero attached hydrogens (tertiary/aromatic N) is 2. The van der Waals surface area contributed by atoms with Gasteiger partial charge in [0.1, 0.15) is 30.5 Å². The molecule has 1 heterocycles. The first-order valence-electron chi connectivity index (χ1n) is 8.03. The van der Waals surface area contributed by atoms with E-state index in [1.54, 1.807) is 24.5 Å². The van der Waals surface area contributed by atoms with E-state index < -0.39 is 0 Å². The number of amides is 1. The maximum atomic E-state index is 13.0. The highest BCUT2D eigenvalue weighted by atomic mass is 19.1. The van der Waals surface area contributed by atoms with Gasteiger partial charge in [-0.05, 0) is 42.0 Å². The SMILES string of the molecule is O=C(Cn1cc(-c2ccc(F)cc2)cn1)NCCOc1ccc(F)cc1. The molecule has 0 aliphatic heterocycles. The molecule has 0 bridgehead atoms. The average Bonchev–Trinajstić information content (AvgIpc) is 3.09. The van der Waals surface area contributed by atoms with Gasteiger partial charge in [0.25, 0.3) is 0 Å². The maximum Gasteiger partial charge on any atom is 0.241 e. The molecule has 5 nitrogen and oxygen atoms in total. The van der Waals surface area contributed by atoms with Crippen LogP contribution in [0.5, 0.6) is 5.75 Å². The molecule has 0 aliphatic carbocycles. The maximum absolute atomic E-state index is 13.0. The molecular weight excluding hydrogens is 340 g/mol. The van der Waals surface area contributed by atoms with Crippen molar-refractivity contribution < 1.29 is 18.3 Å². The Morgan fingerprint density at radius 2 is 1.65 bits per heavy atom. The van der Waals surface area contributed by atoms with Crippen LogP contribution in [0.15, 0.2) is 60.9 Å². The van der Waals surface area contributed by atoms with Gasteiger partial charge in [0, 0.05) is 11.8 Å². The molecule has 7 heteroatoms. The molecule has 3 rings (SSSR count). The number of carbonyl (C=O) groups is 1. The molecule has 0 spiro atoms. The number of nitrogens with one attached hydrogen (secondary N) is 1. The third-order valence-electron chi connectivity index (χ3n) is 3.62. The minimum Gasteiger partial charge on any atom is -0.492 e. The fraction of sp³-hybridized carbons (Fsp3) is 0.158. The van der Waals surface area contributed by atoms with Crippen molar-refractivity contribution in [3.8, 4) is 16.9 Å². The number of aromatic nitrogens is 2. The Morgan fingerprint density at radius 3 is 2.35 bits per heavy atom. The Balaban J connectivity index is 1.43. The first-order valence-corrected chi connectivity index (χ1v) is 8.03. The molecule has 0 saturated carbocycles. The van der Waals surface area contributed by atoms with Crippen molar-refractivity contribution in [2.45, 2.75) is 6.54 Å². The summed E-state index contributed by atoms with van der Waals surface area (Å²) in [5.41, 5.74) is 1.63. The summed E-state index contributed by atoms with van der Waals surface area (Å²) in [6.07, 6.45) is 3.35. The largest absolute Gasteiger partial charge is 0.492 e. The lowest BCUT2D eigenvalue weighted by Crippen LogP contribution is -2.31. The number of hydrogen-bond acceptors (Lipinski definition) is 3. The van der Waals surface area contributed by atoms with E-state index in [9.17, 15) is 13.6 Å². The Labute approximate surface area is 149 Å². The Morgan fingerprint density at radius 1 is 1.00 bits per heavy atom. The lowest BCUT2D eigenvalue weighted by atomic mass is 10.1. The van der Waals surface area contributed by atoms with E-state index in [4.69, 9.17) is 4.74 Å². The first kappa shape index (κ1) is 17.6. The standard InChI is InChI=1S/C19H17F2N3O2/c20-16-3-1-14(2-4-16)15-11-23-24(12-15)13-19(25)22-9-10-26-18-7-5-17(21)6-8-18/h1-8,11-12H,9-10,13H2,(H,22,25). The van der Waals surface area contributed by atoms with Crippen LogP contribution in [0.2, 0.25) is 0 Å². The van der Waals surface area contributed by atoms with E-state index in [-0.39, 0.29) is 30.7 Å². The highest BCUT2D eigenvalue weighted by molar-refractivity contribution is 5.75. The molecule has 1 amide bonds. The quantitative estimate of drug-likeness (QED) is 0.662. The van der Waals surface area contributed by atoms with Crippen LogP contribution in [0.4, 0.5) is 8.78 Å². The Hall–Kier alpha value is -3.22. The normalized spacial score (nSPS) is 10.5. The van der Waals surface area contributed by atoms with Crippen LogP contribution in [0.3, 0.4) is 0 Å². The smallest absolute Gasteiger partial charge is 0.241 e. The first-order chi connectivity index (χ1) is 12.6. The van der Waals surface area contributed by atoms with Crippen LogP contribution < -0.4 is 10.1 Å². The highest BCUT2D eigenvalue weighted by Crippen LogP contribution is 2.18. The molecule has 0 unspecified atom stereocenters. The molecule has 1 N–H and O–H groups in total. The molecule has 0 radical (unpaired) electrons. The van der Waals surface area contributed by atoms with Gasteiger partial charge in [0.15, 0.2) is 0 Å². The van der Waals surface area contributed by atoms with Crippen molar-refractivity contribution in [3.63, 3.8) is 0 Å². The summed E-state index contributed by atoms with van der Waals surface area (Å²) >= 11 is 0. The molecule has 134 valence electrons. The second-order valence-corrected chi connectivity index (χ2v) is 5.59. The zero-order valence-corrected chi connectivity index (χ0v) is 13.9. The van der Waals surface area contributed by atoms with Gasteiger partial charge in [-0.25, -0.2) is 8.78 Å². The summed E-state index contributed by atoms with van der Waals surface area (Å²) in [5.74, 6) is -0.300. The minimum atomic E-state index is -0.329. The van der Waals surface area contributed by atoms with Gasteiger partial charge in [-0.3, -0.25) is 9.48 Å². The summed E-state index contributed by atoms with van der Waals surface area (Å²) < 4.78 is 32.6. The van der Waals surface area contributed by atoms with Crippen LogP contribution in [0.25, 0.3) is 11.1 Å². The summed E-state index contributed by atoms with van der Waals surface area (Å²) in [4.78, 5) is 11.9. The summed E-state index contributed by atoms with van der Waals surface area (Å²) in [7, 11) is 0. The molecular formula is C19H17F2N3O2. The monoisotopic (exact) mass is 357 g/mol. The fourth-order valence-corrected chi connectivity index (χ4v) is 2.33. The van der Waals surface area contributed by atoms with Gasteiger partial charge in [-0.1, -0.05) is 12.1 Å². The molecule has 1 aromatic heterocycles. The predicted molar refractivity (Wildman–Crippen MR) is 92.5 cm³/mol. The van der Waals surface area contributed by atoms with Crippen molar-refractivity contribution in [1.82, 2.24) is 15.1 Å². The summed E-state index contributed by atoms with van der Waals surface area (Å²) in [6.45, 7) is 0.664. The van der Waals surface area contributed by atoms with Crippen molar-refractivity contribution in [2.24, 2.45) is 0 Å². The van der Waals surface area contributed by atoms with Crippen LogP contribution >= 0.6 is 0 Å². The van der Waals surface area contributed by atoms with E-state index >= 15 is 0 Å². The van der Waals surface area contributed by atoms with Crippen molar-refractivity contribution >= 4 is 5.91 Å². The van der Waals surface area contributed by atoms with Crippen molar-refractivity contribution in [2.75, 3.05) is 13.2 Å². The van der Waals surface area contributed by atoms with E-state index in [1.807, 2.05) is 0 Å². The van der Waals surface area contributed by atoms with Crippen molar-refractivity contribution in [3.05, 3.63) is 72.6 Å². The third-order valence-corrected chi connectivity index (χ3v) is 3.62. The Kier molecular flexibility index (Phi) is 5.58. The van der Waals surface area contributed by atoms with Gasteiger partial charge in [0.05, 0.1) is 12.7 Å². The molecule has 3 aromatic rings. The van der Waals surface area contributed by atoms with Gasteiger partial charge in [-0.15, -0.1) is 0 Å². The summed E-state index contributed by atoms with van der Waals surface area (Å²) in [6, 6.07) is 11.7. The van der Waals surface area contributed by atoms with E-state index in [0.717, 1.165) is 11.1 Å². The summed E-state index contributed by atoms with van der Waals surface area (Å²) in [5, 5.41) is 6.86. The van der Waals surface area contributed by atoms with Crippen molar-refractivity contribution in [1.29, 1.82) is 0 Å². The molecule has 0 aliphatic rings. The molecule has 0 saturated heterocycles. The predicted octanol–water partition coefficient (Wildman–Crippen LogP) is 3.02. The second kappa shape index (κ2) is 8.24. The fourth-order valence-electron chi connectivity index (χ4n) is 2.33. The lowest BCUT2D eigenvalue weighted by Gasteiger charge is -2.07. The molecule has 0 fully saturated rings. The number of halogens is 2. The number of hydrogen-bond donors (Lipinski definition) is 1. The second-order valence-electron chi connectivity index (χ2n) is 5.59. The topological polar surface area (TPSA) is 56.2 Å². The van der Waals surface area contributed by atoms with E-state index in [2.05, 4.69) is 10.4 Å². The number of benzene rings is 2. The molecule has 26 heavy (non-hydrogen) atoms. The number of rotatable bonds is 7. The minimum absolute atomic E-state index is 0.0672. The number of carbonyl (C=O) groups excluding carboxylic acids is 1. The lowest BCUT2D eigenvalue weighted by molar-refractivity contribution is -0.121. The highest BCUT2D eigenvalue weighted by Gasteiger charge is 2.06. The number of ether oxygens (including phenoxy) is 1. The van der Waals surface area contributed by atoms with Gasteiger partial charge in [-0.2, -0.15) is 5.10 Å². The molecule has 2 aromatic carbocycles. The van der Waals surface area contributed by atoms with E-state index in [0.29, 0.717) is 12.3 Å². The zero-order chi connectivity index (χ0) is 18.4. The molecule has 0 atom stereocenters. The third kappa shape index (κ3) is 4.89. The van der Waals surface area contributed by atoms with Crippen LogP contribution in [-0.4, -0.2) is 28.8 Å². The van der Waals surface area contributed by atoms with Gasteiger partial charge in [0.2, 0.25) is 5.91 Å². The van der Waals surface area contributed by atoms with Crippen LogP contribution in [0, 0.1) is 11.6 Å². The van der Waals surface area contributed by atoms with Crippen LogP contribution in [0.1, 0.15) is 0 Å². The van der Waals surface area contributed by atoms with E-state index in [1.165, 1.54) is 41.1 Å². The zero-order valence-electron chi connectivity index (χ0n) is 13.9. The average molecular weight is 357 g/mol. The Bertz CT molecular complexity index is 861.